The fraction of sp³-hybridized carbons (Fsp3) is 0.905. The normalized spacial score (nSPS) is 47.4. The van der Waals surface area contributed by atoms with Crippen LogP contribution in [0.5, 0.6) is 0 Å². The Bertz CT molecular complexity index is 1880. The van der Waals surface area contributed by atoms with Gasteiger partial charge < -0.3 is 45.4 Å². The summed E-state index contributed by atoms with van der Waals surface area (Å²) >= 11 is 5.46. The van der Waals surface area contributed by atoms with Crippen molar-refractivity contribution in [2.75, 3.05) is 25.5 Å². The minimum Gasteiger partial charge on any atom is -0.453 e. The summed E-state index contributed by atoms with van der Waals surface area (Å²) < 4.78 is 44.2. The predicted octanol–water partition coefficient (Wildman–Crippen LogP) is 2.84. The van der Waals surface area contributed by atoms with Gasteiger partial charge in [-0.25, -0.2) is 9.59 Å². The molecular formula is C42H69ClN4O15S. The first kappa shape index (κ1) is 50.3. The van der Waals surface area contributed by atoms with Gasteiger partial charge in [-0.1, -0.05) is 26.8 Å². The third kappa shape index (κ3) is 8.16. The van der Waals surface area contributed by atoms with Crippen LogP contribution in [0.25, 0.3) is 0 Å². The number of esters is 1. The molecule has 9 N–H and O–H groups in total. The van der Waals surface area contributed by atoms with E-state index in [9.17, 15) is 45.1 Å². The minimum atomic E-state index is -4.67. The van der Waals surface area contributed by atoms with Crippen molar-refractivity contribution in [1.29, 1.82) is 0 Å². The van der Waals surface area contributed by atoms with Crippen LogP contribution in [0.1, 0.15) is 119 Å². The first-order valence-corrected chi connectivity index (χ1v) is 24.3. The number of nitroso groups, excluding NO2 is 1. The average molecular weight is 938 g/mol. The number of allylic oxidation sites excluding steroid dienone is 1. The molecule has 14 atom stereocenters. The SMILES string of the molecule is CC1CCC(NC(=O)N(CCCl)N=O)CC1.CC=C(C)C(=O)OC1CCC2(C)C3CCC4C5(O)CC(O)C6(O)C(CN7CC(C)CCC7C6(C)O)C5(O)CC42OC13O.O=S(=O)(O)O. The molecule has 8 fully saturated rings. The van der Waals surface area contributed by atoms with E-state index >= 15 is 0 Å². The number of rotatable bonds is 6. The van der Waals surface area contributed by atoms with Crippen molar-refractivity contribution in [3.8, 4) is 0 Å². The van der Waals surface area contributed by atoms with E-state index in [1.54, 1.807) is 26.8 Å². The Kier molecular flexibility index (Phi) is 14.0. The van der Waals surface area contributed by atoms with E-state index in [1.807, 2.05) is 6.92 Å². The number of ether oxygens (including phenoxy) is 2. The van der Waals surface area contributed by atoms with E-state index in [-0.39, 0.29) is 43.9 Å². The van der Waals surface area contributed by atoms with Gasteiger partial charge in [-0.15, -0.1) is 16.5 Å². The summed E-state index contributed by atoms with van der Waals surface area (Å²) in [5.41, 5.74) is -8.96. The molecule has 14 unspecified atom stereocenters. The number of fused-ring (bicyclic) bond motifs is 5. The maximum atomic E-state index is 12.9. The van der Waals surface area contributed by atoms with Crippen molar-refractivity contribution < 1.29 is 67.2 Å². The van der Waals surface area contributed by atoms with E-state index in [1.165, 1.54) is 0 Å². The summed E-state index contributed by atoms with van der Waals surface area (Å²) in [7, 11) is -4.67. The van der Waals surface area contributed by atoms with E-state index in [4.69, 9.17) is 38.6 Å². The van der Waals surface area contributed by atoms with Crippen LogP contribution >= 0.6 is 11.6 Å². The second-order valence-electron chi connectivity index (χ2n) is 20.4. The van der Waals surface area contributed by atoms with Gasteiger partial charge in [0.05, 0.1) is 23.5 Å². The lowest BCUT2D eigenvalue weighted by molar-refractivity contribution is -0.354. The van der Waals surface area contributed by atoms with Crippen LogP contribution in [-0.4, -0.2) is 154 Å². The second kappa shape index (κ2) is 17.5. The number of hydrogen-bond donors (Lipinski definition) is 9. The molecule has 19 nitrogen and oxygen atoms in total. The monoisotopic (exact) mass is 936 g/mol. The number of urea groups is 1. The number of carbonyl (C=O) groups is 2. The number of carbonyl (C=O) groups excluding carboxylic acids is 2. The van der Waals surface area contributed by atoms with Crippen LogP contribution in [0.15, 0.2) is 16.9 Å². The Balaban J connectivity index is 0.000000262. The number of nitrogens with zero attached hydrogens (tertiary/aromatic N) is 3. The van der Waals surface area contributed by atoms with Gasteiger partial charge in [-0.05, 0) is 96.8 Å². The van der Waals surface area contributed by atoms with Crippen LogP contribution in [0.2, 0.25) is 0 Å². The van der Waals surface area contributed by atoms with Crippen molar-refractivity contribution in [1.82, 2.24) is 15.2 Å². The third-order valence-electron chi connectivity index (χ3n) is 17.0. The zero-order chi connectivity index (χ0) is 46.9. The van der Waals surface area contributed by atoms with E-state index in [0.29, 0.717) is 50.1 Å². The standard InChI is InChI=1S/C32H49NO9.C10H18ClN3O2.H2O4S/c1-6-18(3)25(35)41-24-11-12-26(4)19-8-9-20-28(37)13-23(34)31(39)21(29(28,38)16-30(20,26)42-32(19,24)40)15-33-14-17(2)7-10-22(33)27(31,5)36;1-8-2-4-9(5-3-8)12-10(15)14(13-16)7-6-11;1-5(2,3)4/h6,17,19-24,34,36-40H,7-16H2,1-5H3;8-9H,2-7H2,1H3,(H,12,15);(H2,1,2,3,4). The molecule has 0 radical (unpaired) electrons. The summed E-state index contributed by atoms with van der Waals surface area (Å²) in [5, 5.41) is 80.2. The number of hydrogen-bond acceptors (Lipinski definition) is 15. The molecule has 3 aliphatic heterocycles. The molecule has 0 aromatic carbocycles. The topological polar surface area (TPSA) is 297 Å². The van der Waals surface area contributed by atoms with Crippen LogP contribution in [0.3, 0.4) is 0 Å². The lowest BCUT2D eigenvalue weighted by Crippen LogP contribution is -2.85. The van der Waals surface area contributed by atoms with E-state index in [0.717, 1.165) is 43.0 Å². The summed E-state index contributed by atoms with van der Waals surface area (Å²) in [6.45, 7) is 12.4. The summed E-state index contributed by atoms with van der Waals surface area (Å²) in [6, 6.07) is -0.652. The Morgan fingerprint density at radius 1 is 0.921 bits per heavy atom. The molecule has 8 rings (SSSR count). The van der Waals surface area contributed by atoms with Gasteiger partial charge in [0.1, 0.15) is 22.4 Å². The average Bonchev–Trinajstić information content (AvgIpc) is 3.37. The van der Waals surface area contributed by atoms with Crippen molar-refractivity contribution in [2.45, 2.75) is 177 Å². The molecule has 0 aromatic heterocycles. The molecule has 0 aromatic rings. The Labute approximate surface area is 374 Å². The molecule has 3 saturated heterocycles. The van der Waals surface area contributed by atoms with E-state index in [2.05, 4.69) is 29.4 Å². The highest BCUT2D eigenvalue weighted by atomic mass is 35.5. The Hall–Kier alpha value is -2.08. The molecule has 360 valence electrons. The van der Waals surface area contributed by atoms with Crippen molar-refractivity contribution >= 4 is 34.0 Å². The second-order valence-corrected chi connectivity index (χ2v) is 21.7. The first-order valence-electron chi connectivity index (χ1n) is 22.4. The molecule has 8 aliphatic rings. The number of halogens is 1. The van der Waals surface area contributed by atoms with Gasteiger partial charge in [0.15, 0.2) is 6.10 Å². The van der Waals surface area contributed by atoms with Gasteiger partial charge in [0.25, 0.3) is 0 Å². The summed E-state index contributed by atoms with van der Waals surface area (Å²) in [5.74, 6) is -3.10. The first-order chi connectivity index (χ1) is 29.1. The van der Waals surface area contributed by atoms with Gasteiger partial charge in [-0.3, -0.25) is 14.0 Å². The number of aliphatic hydroxyl groups excluding tert-OH is 1. The molecule has 5 saturated carbocycles. The Morgan fingerprint density at radius 3 is 2.11 bits per heavy atom. The highest BCUT2D eigenvalue weighted by Crippen LogP contribution is 2.78. The van der Waals surface area contributed by atoms with Crippen LogP contribution in [-0.2, 0) is 24.7 Å². The van der Waals surface area contributed by atoms with Gasteiger partial charge >= 0.3 is 22.4 Å². The quantitative estimate of drug-likeness (QED) is 0.0462. The zero-order valence-corrected chi connectivity index (χ0v) is 38.7. The largest absolute Gasteiger partial charge is 0.453 e. The molecular weight excluding hydrogens is 868 g/mol. The minimum absolute atomic E-state index is 0.0606. The van der Waals surface area contributed by atoms with Crippen LogP contribution in [0, 0.1) is 39.9 Å². The zero-order valence-electron chi connectivity index (χ0n) is 37.2. The highest BCUT2D eigenvalue weighted by Gasteiger charge is 2.88. The number of aliphatic hydroxyl groups is 6. The molecule has 1 spiro atoms. The summed E-state index contributed by atoms with van der Waals surface area (Å²) in [6.07, 6.45) is 6.48. The number of alkyl halides is 1. The maximum Gasteiger partial charge on any atom is 0.394 e. The number of amides is 2. The highest BCUT2D eigenvalue weighted by molar-refractivity contribution is 7.79. The van der Waals surface area contributed by atoms with Gasteiger partial charge in [0.2, 0.25) is 5.79 Å². The predicted molar refractivity (Wildman–Crippen MR) is 227 cm³/mol. The van der Waals surface area contributed by atoms with E-state index < -0.39 is 91.6 Å². The summed E-state index contributed by atoms with van der Waals surface area (Å²) in [4.78, 5) is 36.9. The molecule has 2 amide bonds. The van der Waals surface area contributed by atoms with Gasteiger partial charge in [0, 0.05) is 72.6 Å². The van der Waals surface area contributed by atoms with Crippen molar-refractivity contribution in [3.05, 3.63) is 16.6 Å². The third-order valence-corrected chi connectivity index (χ3v) is 17.2. The molecule has 21 heteroatoms. The molecule has 63 heavy (non-hydrogen) atoms. The fourth-order valence-electron chi connectivity index (χ4n) is 13.7. The maximum absolute atomic E-state index is 12.9. The molecule has 3 heterocycles. The van der Waals surface area contributed by atoms with Crippen molar-refractivity contribution in [2.24, 2.45) is 40.3 Å². The molecule has 5 aliphatic carbocycles. The molecule has 4 bridgehead atoms. The lowest BCUT2D eigenvalue weighted by Gasteiger charge is -2.68. The smallest absolute Gasteiger partial charge is 0.394 e. The van der Waals surface area contributed by atoms with Crippen LogP contribution < -0.4 is 5.32 Å². The van der Waals surface area contributed by atoms with Crippen molar-refractivity contribution in [3.63, 3.8) is 0 Å². The van der Waals surface area contributed by atoms with Gasteiger partial charge in [-0.2, -0.15) is 13.4 Å². The fourth-order valence-corrected chi connectivity index (χ4v) is 13.9. The number of piperidine rings is 2. The van der Waals surface area contributed by atoms with Crippen LogP contribution in [0.4, 0.5) is 4.79 Å². The Morgan fingerprint density at radius 2 is 1.52 bits per heavy atom. The number of nitrogens with one attached hydrogen (secondary N) is 1. The lowest BCUT2D eigenvalue weighted by atomic mass is 9.49.